The highest BCUT2D eigenvalue weighted by molar-refractivity contribution is 5.93. The van der Waals surface area contributed by atoms with Crippen molar-refractivity contribution in [2.45, 2.75) is 40.2 Å². The van der Waals surface area contributed by atoms with Crippen LogP contribution >= 0.6 is 0 Å². The van der Waals surface area contributed by atoms with Crippen LogP contribution in [0.25, 0.3) is 0 Å². The van der Waals surface area contributed by atoms with Crippen LogP contribution in [0.2, 0.25) is 0 Å². The zero-order valence-corrected chi connectivity index (χ0v) is 13.8. The van der Waals surface area contributed by atoms with Gasteiger partial charge in [-0.05, 0) is 63.9 Å². The maximum absolute atomic E-state index is 12.2. The minimum atomic E-state index is -0.282. The summed E-state index contributed by atoms with van der Waals surface area (Å²) in [5.41, 5.74) is 4.43. The second kappa shape index (κ2) is 6.18. The van der Waals surface area contributed by atoms with E-state index < -0.39 is 0 Å². The number of hydrogen-bond donors (Lipinski definition) is 2. The standard InChI is InChI=1S/C18H23N3O/c1-12-7-6-8-15(13(12)2)20-14-9-10-19-16(11-14)17(22)21-18(3,4)5/h6-11H,1-5H3,(H,19,20)(H,21,22). The Labute approximate surface area is 132 Å². The van der Waals surface area contributed by atoms with Crippen LogP contribution in [0.15, 0.2) is 36.5 Å². The van der Waals surface area contributed by atoms with Gasteiger partial charge in [0.1, 0.15) is 5.69 Å². The molecule has 4 heteroatoms. The van der Waals surface area contributed by atoms with Gasteiger partial charge in [-0.25, -0.2) is 0 Å². The number of nitrogens with zero attached hydrogens (tertiary/aromatic N) is 1. The van der Waals surface area contributed by atoms with Crippen LogP contribution in [0.5, 0.6) is 0 Å². The lowest BCUT2D eigenvalue weighted by Gasteiger charge is -2.20. The number of pyridine rings is 1. The molecule has 1 aromatic carbocycles. The number of nitrogens with one attached hydrogen (secondary N) is 2. The van der Waals surface area contributed by atoms with E-state index in [0.29, 0.717) is 5.69 Å². The number of aromatic nitrogens is 1. The summed E-state index contributed by atoms with van der Waals surface area (Å²) in [4.78, 5) is 16.3. The molecule has 0 saturated heterocycles. The molecule has 0 aliphatic carbocycles. The highest BCUT2D eigenvalue weighted by Crippen LogP contribution is 2.22. The Morgan fingerprint density at radius 1 is 1.14 bits per heavy atom. The normalized spacial score (nSPS) is 11.1. The predicted octanol–water partition coefficient (Wildman–Crippen LogP) is 3.97. The first-order valence-electron chi connectivity index (χ1n) is 7.38. The molecular formula is C18H23N3O. The smallest absolute Gasteiger partial charge is 0.270 e. The molecule has 0 saturated carbocycles. The fraction of sp³-hybridized carbons (Fsp3) is 0.333. The quantitative estimate of drug-likeness (QED) is 0.901. The number of carbonyl (C=O) groups excluding carboxylic acids is 1. The van der Waals surface area contributed by atoms with E-state index >= 15 is 0 Å². The molecular weight excluding hydrogens is 274 g/mol. The zero-order valence-electron chi connectivity index (χ0n) is 13.8. The first-order valence-corrected chi connectivity index (χ1v) is 7.38. The van der Waals surface area contributed by atoms with Crippen LogP contribution in [0.3, 0.4) is 0 Å². The molecule has 2 rings (SSSR count). The van der Waals surface area contributed by atoms with Gasteiger partial charge in [0.2, 0.25) is 0 Å². The van der Waals surface area contributed by atoms with Gasteiger partial charge in [0, 0.05) is 23.1 Å². The van der Waals surface area contributed by atoms with Crippen molar-refractivity contribution >= 4 is 17.3 Å². The largest absolute Gasteiger partial charge is 0.355 e. The van der Waals surface area contributed by atoms with Gasteiger partial charge in [0.15, 0.2) is 0 Å². The Balaban J connectivity index is 2.22. The number of hydrogen-bond acceptors (Lipinski definition) is 3. The lowest BCUT2D eigenvalue weighted by Crippen LogP contribution is -2.40. The summed E-state index contributed by atoms with van der Waals surface area (Å²) in [5.74, 6) is -0.169. The summed E-state index contributed by atoms with van der Waals surface area (Å²) in [7, 11) is 0. The molecule has 0 bridgehead atoms. The summed E-state index contributed by atoms with van der Waals surface area (Å²) in [6.45, 7) is 10.00. The molecule has 1 heterocycles. The molecule has 4 nitrogen and oxygen atoms in total. The molecule has 0 fully saturated rings. The van der Waals surface area contributed by atoms with Crippen molar-refractivity contribution in [3.8, 4) is 0 Å². The van der Waals surface area contributed by atoms with E-state index in [9.17, 15) is 4.79 Å². The van der Waals surface area contributed by atoms with E-state index in [1.54, 1.807) is 12.3 Å². The summed E-state index contributed by atoms with van der Waals surface area (Å²) >= 11 is 0. The van der Waals surface area contributed by atoms with Crippen LogP contribution < -0.4 is 10.6 Å². The van der Waals surface area contributed by atoms with Gasteiger partial charge in [0.05, 0.1) is 0 Å². The molecule has 0 unspecified atom stereocenters. The lowest BCUT2D eigenvalue weighted by molar-refractivity contribution is 0.0914. The number of aryl methyl sites for hydroxylation is 1. The van der Waals surface area contributed by atoms with Crippen molar-refractivity contribution in [2.24, 2.45) is 0 Å². The van der Waals surface area contributed by atoms with Crippen molar-refractivity contribution in [1.29, 1.82) is 0 Å². The molecule has 1 amide bonds. The van der Waals surface area contributed by atoms with Crippen LogP contribution in [0.1, 0.15) is 42.4 Å². The topological polar surface area (TPSA) is 54.0 Å². The summed E-state index contributed by atoms with van der Waals surface area (Å²) in [6, 6.07) is 9.74. The molecule has 22 heavy (non-hydrogen) atoms. The number of amides is 1. The zero-order chi connectivity index (χ0) is 16.3. The second-order valence-electron chi connectivity index (χ2n) is 6.51. The minimum Gasteiger partial charge on any atom is -0.355 e. The monoisotopic (exact) mass is 297 g/mol. The van der Waals surface area contributed by atoms with Gasteiger partial charge in [-0.15, -0.1) is 0 Å². The van der Waals surface area contributed by atoms with Crippen LogP contribution in [-0.2, 0) is 0 Å². The van der Waals surface area contributed by atoms with E-state index in [1.165, 1.54) is 11.1 Å². The Morgan fingerprint density at radius 3 is 2.55 bits per heavy atom. The van der Waals surface area contributed by atoms with Gasteiger partial charge in [-0.2, -0.15) is 0 Å². The van der Waals surface area contributed by atoms with Gasteiger partial charge < -0.3 is 10.6 Å². The lowest BCUT2D eigenvalue weighted by atomic mass is 10.1. The maximum Gasteiger partial charge on any atom is 0.270 e. The number of anilines is 2. The maximum atomic E-state index is 12.2. The number of benzene rings is 1. The first kappa shape index (κ1) is 16.0. The van der Waals surface area contributed by atoms with E-state index in [2.05, 4.69) is 35.5 Å². The molecule has 0 radical (unpaired) electrons. The molecule has 1 aromatic heterocycles. The van der Waals surface area contributed by atoms with Crippen molar-refractivity contribution in [3.05, 3.63) is 53.3 Å². The predicted molar refractivity (Wildman–Crippen MR) is 90.7 cm³/mol. The van der Waals surface area contributed by atoms with E-state index in [-0.39, 0.29) is 11.4 Å². The third-order valence-corrected chi connectivity index (χ3v) is 3.36. The molecule has 2 aromatic rings. The van der Waals surface area contributed by atoms with Gasteiger partial charge in [-0.3, -0.25) is 9.78 Å². The second-order valence-corrected chi connectivity index (χ2v) is 6.51. The summed E-state index contributed by atoms with van der Waals surface area (Å²) in [6.07, 6.45) is 1.64. The van der Waals surface area contributed by atoms with E-state index in [0.717, 1.165) is 11.4 Å². The van der Waals surface area contributed by atoms with Crippen molar-refractivity contribution in [2.75, 3.05) is 5.32 Å². The van der Waals surface area contributed by atoms with Crippen LogP contribution in [-0.4, -0.2) is 16.4 Å². The molecule has 0 aliphatic heterocycles. The average molecular weight is 297 g/mol. The molecule has 2 N–H and O–H groups in total. The first-order chi connectivity index (χ1) is 10.3. The fourth-order valence-corrected chi connectivity index (χ4v) is 2.08. The van der Waals surface area contributed by atoms with Crippen molar-refractivity contribution < 1.29 is 4.79 Å². The fourth-order valence-electron chi connectivity index (χ4n) is 2.08. The van der Waals surface area contributed by atoms with Gasteiger partial charge >= 0.3 is 0 Å². The van der Waals surface area contributed by atoms with E-state index in [1.807, 2.05) is 39.0 Å². The third kappa shape index (κ3) is 4.07. The third-order valence-electron chi connectivity index (χ3n) is 3.36. The highest BCUT2D eigenvalue weighted by Gasteiger charge is 2.16. The highest BCUT2D eigenvalue weighted by atomic mass is 16.2. The Hall–Kier alpha value is -2.36. The number of carbonyl (C=O) groups is 1. The molecule has 116 valence electrons. The Kier molecular flexibility index (Phi) is 4.50. The average Bonchev–Trinajstić information content (AvgIpc) is 2.42. The van der Waals surface area contributed by atoms with Crippen LogP contribution in [0.4, 0.5) is 11.4 Å². The Morgan fingerprint density at radius 2 is 1.86 bits per heavy atom. The number of rotatable bonds is 3. The van der Waals surface area contributed by atoms with Crippen molar-refractivity contribution in [3.63, 3.8) is 0 Å². The van der Waals surface area contributed by atoms with Gasteiger partial charge in [0.25, 0.3) is 5.91 Å². The summed E-state index contributed by atoms with van der Waals surface area (Å²) < 4.78 is 0. The molecule has 0 aliphatic rings. The van der Waals surface area contributed by atoms with Crippen molar-refractivity contribution in [1.82, 2.24) is 10.3 Å². The minimum absolute atomic E-state index is 0.169. The molecule has 0 spiro atoms. The van der Waals surface area contributed by atoms with Gasteiger partial charge in [-0.1, -0.05) is 12.1 Å². The summed E-state index contributed by atoms with van der Waals surface area (Å²) in [5, 5.41) is 6.27. The van der Waals surface area contributed by atoms with Crippen LogP contribution in [0, 0.1) is 13.8 Å². The SMILES string of the molecule is Cc1cccc(Nc2ccnc(C(=O)NC(C)(C)C)c2)c1C. The van der Waals surface area contributed by atoms with E-state index in [4.69, 9.17) is 0 Å². The Bertz CT molecular complexity index is 687. The molecule has 0 atom stereocenters.